The maximum absolute atomic E-state index is 12.4. The van der Waals surface area contributed by atoms with E-state index in [2.05, 4.69) is 0 Å². The quantitative estimate of drug-likeness (QED) is 0.694. The van der Waals surface area contributed by atoms with Gasteiger partial charge in [-0.1, -0.05) is 30.3 Å². The third kappa shape index (κ3) is 5.35. The summed E-state index contributed by atoms with van der Waals surface area (Å²) >= 11 is 1.43. The molecule has 0 unspecified atom stereocenters. The van der Waals surface area contributed by atoms with Gasteiger partial charge in [-0.3, -0.25) is 14.4 Å². The van der Waals surface area contributed by atoms with Crippen molar-refractivity contribution in [1.82, 2.24) is 9.80 Å². The second-order valence-electron chi connectivity index (χ2n) is 5.53. The van der Waals surface area contributed by atoms with Crippen molar-refractivity contribution in [2.75, 3.05) is 32.5 Å². The molecule has 0 atom stereocenters. The Morgan fingerprint density at radius 1 is 1.28 bits per heavy atom. The van der Waals surface area contributed by atoms with Crippen LogP contribution in [0.3, 0.4) is 0 Å². The van der Waals surface area contributed by atoms with Crippen LogP contribution in [0.15, 0.2) is 35.7 Å². The maximum Gasteiger partial charge on any atom is 0.307 e. The van der Waals surface area contributed by atoms with Crippen molar-refractivity contribution in [2.45, 2.75) is 13.3 Å². The SMILES string of the molecule is CCOC(=O)CCN(C)C(=O)CN1C(=O)CSC=C1c1ccccc1. The molecule has 1 heterocycles. The number of esters is 1. The highest BCUT2D eigenvalue weighted by Gasteiger charge is 2.26. The number of carbonyl (C=O) groups excluding carboxylic acids is 3. The highest BCUT2D eigenvalue weighted by molar-refractivity contribution is 8.03. The number of thioether (sulfide) groups is 1. The topological polar surface area (TPSA) is 66.9 Å². The van der Waals surface area contributed by atoms with E-state index in [0.29, 0.717) is 12.4 Å². The van der Waals surface area contributed by atoms with Crippen LogP contribution in [0, 0.1) is 0 Å². The summed E-state index contributed by atoms with van der Waals surface area (Å²) in [7, 11) is 1.62. The minimum absolute atomic E-state index is 0.0422. The van der Waals surface area contributed by atoms with Crippen LogP contribution in [0.5, 0.6) is 0 Å². The summed E-state index contributed by atoms with van der Waals surface area (Å²) in [5.41, 5.74) is 1.62. The van der Waals surface area contributed by atoms with Gasteiger partial charge < -0.3 is 14.5 Å². The first-order chi connectivity index (χ1) is 12.0. The van der Waals surface area contributed by atoms with Gasteiger partial charge in [-0.2, -0.15) is 0 Å². The highest BCUT2D eigenvalue weighted by atomic mass is 32.2. The predicted molar refractivity (Wildman–Crippen MR) is 97.5 cm³/mol. The Labute approximate surface area is 151 Å². The first-order valence-corrected chi connectivity index (χ1v) is 9.15. The molecule has 25 heavy (non-hydrogen) atoms. The van der Waals surface area contributed by atoms with E-state index < -0.39 is 0 Å². The van der Waals surface area contributed by atoms with Crippen molar-refractivity contribution < 1.29 is 19.1 Å². The minimum atomic E-state index is -0.336. The summed E-state index contributed by atoms with van der Waals surface area (Å²) in [5, 5.41) is 1.91. The molecule has 0 radical (unpaired) electrons. The molecule has 6 nitrogen and oxygen atoms in total. The summed E-state index contributed by atoms with van der Waals surface area (Å²) in [6, 6.07) is 9.51. The zero-order valence-electron chi connectivity index (χ0n) is 14.4. The van der Waals surface area contributed by atoms with Crippen LogP contribution >= 0.6 is 11.8 Å². The average Bonchev–Trinajstić information content (AvgIpc) is 2.62. The number of ether oxygens (including phenoxy) is 1. The van der Waals surface area contributed by atoms with Crippen molar-refractivity contribution in [3.8, 4) is 0 Å². The van der Waals surface area contributed by atoms with Crippen molar-refractivity contribution in [1.29, 1.82) is 0 Å². The number of hydrogen-bond acceptors (Lipinski definition) is 5. The lowest BCUT2D eigenvalue weighted by molar-refractivity contribution is -0.144. The zero-order valence-corrected chi connectivity index (χ0v) is 15.3. The third-order valence-electron chi connectivity index (χ3n) is 3.74. The van der Waals surface area contributed by atoms with Gasteiger partial charge in [-0.05, 0) is 17.9 Å². The average molecular weight is 362 g/mol. The lowest BCUT2D eigenvalue weighted by Crippen LogP contribution is -2.42. The molecule has 1 aromatic rings. The van der Waals surface area contributed by atoms with E-state index in [1.807, 2.05) is 35.7 Å². The Kier molecular flexibility index (Phi) is 7.06. The van der Waals surface area contributed by atoms with Crippen LogP contribution in [-0.4, -0.2) is 60.1 Å². The summed E-state index contributed by atoms with van der Waals surface area (Å²) in [5.74, 6) is -0.335. The standard InChI is InChI=1S/C18H22N2O4S/c1-3-24-18(23)9-10-19(2)16(21)11-20-15(12-25-13-17(20)22)14-7-5-4-6-8-14/h4-8,12H,3,9-11,13H2,1-2H3. The van der Waals surface area contributed by atoms with Crippen LogP contribution in [0.25, 0.3) is 5.70 Å². The molecule has 0 spiro atoms. The number of rotatable bonds is 7. The third-order valence-corrected chi connectivity index (χ3v) is 4.54. The Hall–Kier alpha value is -2.28. The van der Waals surface area contributed by atoms with Gasteiger partial charge in [0.2, 0.25) is 11.8 Å². The molecule has 0 N–H and O–H groups in total. The van der Waals surface area contributed by atoms with E-state index in [1.165, 1.54) is 21.6 Å². The van der Waals surface area contributed by atoms with E-state index in [1.54, 1.807) is 14.0 Å². The van der Waals surface area contributed by atoms with Crippen LogP contribution in [0.4, 0.5) is 0 Å². The Balaban J connectivity index is 2.01. The second kappa shape index (κ2) is 9.27. The number of amides is 2. The van der Waals surface area contributed by atoms with Crippen molar-refractivity contribution in [3.63, 3.8) is 0 Å². The van der Waals surface area contributed by atoms with Crippen LogP contribution in [0.2, 0.25) is 0 Å². The largest absolute Gasteiger partial charge is 0.466 e. The van der Waals surface area contributed by atoms with Crippen molar-refractivity contribution in [3.05, 3.63) is 41.3 Å². The van der Waals surface area contributed by atoms with Gasteiger partial charge in [0.05, 0.1) is 24.5 Å². The number of carbonyl (C=O) groups is 3. The molecule has 0 bridgehead atoms. The molecule has 0 aromatic heterocycles. The summed E-state index contributed by atoms with van der Waals surface area (Å²) in [4.78, 5) is 39.1. The summed E-state index contributed by atoms with van der Waals surface area (Å²) < 4.78 is 4.86. The molecular weight excluding hydrogens is 340 g/mol. The van der Waals surface area contributed by atoms with Gasteiger partial charge in [-0.25, -0.2) is 0 Å². The van der Waals surface area contributed by atoms with Crippen molar-refractivity contribution in [2.24, 2.45) is 0 Å². The molecule has 1 aliphatic heterocycles. The molecule has 1 aromatic carbocycles. The van der Waals surface area contributed by atoms with Crippen LogP contribution < -0.4 is 0 Å². The summed E-state index contributed by atoms with van der Waals surface area (Å²) in [6.45, 7) is 2.28. The first-order valence-electron chi connectivity index (χ1n) is 8.10. The number of likely N-dealkylation sites (N-methyl/N-ethyl adjacent to an activating group) is 1. The van der Waals surface area contributed by atoms with Crippen LogP contribution in [0.1, 0.15) is 18.9 Å². The Bertz CT molecular complexity index is 660. The smallest absolute Gasteiger partial charge is 0.307 e. The fraction of sp³-hybridized carbons (Fsp3) is 0.389. The molecule has 2 rings (SSSR count). The van der Waals surface area contributed by atoms with Gasteiger partial charge >= 0.3 is 5.97 Å². The monoisotopic (exact) mass is 362 g/mol. The molecule has 2 amide bonds. The van der Waals surface area contributed by atoms with Gasteiger partial charge in [-0.15, -0.1) is 11.8 Å². The lowest BCUT2D eigenvalue weighted by atomic mass is 10.1. The molecule has 7 heteroatoms. The molecule has 134 valence electrons. The maximum atomic E-state index is 12.4. The molecule has 1 aliphatic rings. The number of nitrogens with zero attached hydrogens (tertiary/aromatic N) is 2. The highest BCUT2D eigenvalue weighted by Crippen LogP contribution is 2.27. The second-order valence-corrected chi connectivity index (χ2v) is 6.39. The minimum Gasteiger partial charge on any atom is -0.466 e. The van der Waals surface area contributed by atoms with Gasteiger partial charge in [0.1, 0.15) is 6.54 Å². The first kappa shape index (κ1) is 19.1. The van der Waals surface area contributed by atoms with Crippen LogP contribution in [-0.2, 0) is 19.1 Å². The van der Waals surface area contributed by atoms with Gasteiger partial charge in [0, 0.05) is 13.6 Å². The molecule has 0 fully saturated rings. The summed E-state index contributed by atoms with van der Waals surface area (Å²) in [6.07, 6.45) is 0.140. The lowest BCUT2D eigenvalue weighted by Gasteiger charge is -2.29. The van der Waals surface area contributed by atoms with E-state index in [9.17, 15) is 14.4 Å². The molecule has 0 aliphatic carbocycles. The number of benzene rings is 1. The van der Waals surface area contributed by atoms with E-state index in [-0.39, 0.29) is 37.3 Å². The predicted octanol–water partition coefficient (Wildman–Crippen LogP) is 1.97. The van der Waals surface area contributed by atoms with E-state index in [4.69, 9.17) is 4.74 Å². The zero-order chi connectivity index (χ0) is 18.2. The van der Waals surface area contributed by atoms with Crippen molar-refractivity contribution >= 4 is 35.2 Å². The van der Waals surface area contributed by atoms with Gasteiger partial charge in [0.15, 0.2) is 0 Å². The normalized spacial score (nSPS) is 14.1. The van der Waals surface area contributed by atoms with Gasteiger partial charge in [0.25, 0.3) is 0 Å². The van der Waals surface area contributed by atoms with E-state index >= 15 is 0 Å². The fourth-order valence-electron chi connectivity index (χ4n) is 2.35. The van der Waals surface area contributed by atoms with E-state index in [0.717, 1.165) is 11.3 Å². The fourth-order valence-corrected chi connectivity index (χ4v) is 3.15. The number of hydrogen-bond donors (Lipinski definition) is 0. The molecular formula is C18H22N2O4S. The molecule has 0 saturated carbocycles. The Morgan fingerprint density at radius 2 is 2.00 bits per heavy atom. The Morgan fingerprint density at radius 3 is 2.68 bits per heavy atom. The molecule has 0 saturated heterocycles.